The Morgan fingerprint density at radius 1 is 0.949 bits per heavy atom. The lowest BCUT2D eigenvalue weighted by molar-refractivity contribution is 0.102. The third-order valence-electron chi connectivity index (χ3n) is 5.86. The summed E-state index contributed by atoms with van der Waals surface area (Å²) in [5.74, 6) is -0.136. The van der Waals surface area contributed by atoms with E-state index in [1.54, 1.807) is 38.1 Å². The molecular weight excluding hydrogens is 562 g/mol. The van der Waals surface area contributed by atoms with Crippen molar-refractivity contribution < 1.29 is 26.4 Å². The van der Waals surface area contributed by atoms with E-state index in [-0.39, 0.29) is 32.6 Å². The molecule has 0 aliphatic carbocycles. The van der Waals surface area contributed by atoms with Crippen LogP contribution in [-0.4, -0.2) is 53.8 Å². The Morgan fingerprint density at radius 3 is 2.18 bits per heavy atom. The zero-order valence-corrected chi connectivity index (χ0v) is 24.2. The summed E-state index contributed by atoms with van der Waals surface area (Å²) in [5, 5.41) is 2.65. The molecule has 3 aromatic carbocycles. The van der Waals surface area contributed by atoms with E-state index < -0.39 is 26.0 Å². The van der Waals surface area contributed by atoms with Crippen molar-refractivity contribution in [1.29, 1.82) is 0 Å². The molecule has 0 fully saturated rings. The van der Waals surface area contributed by atoms with E-state index in [2.05, 4.69) is 11.9 Å². The molecule has 9 nitrogen and oxygen atoms in total. The zero-order chi connectivity index (χ0) is 28.8. The topological polar surface area (TPSA) is 113 Å². The highest BCUT2D eigenvalue weighted by molar-refractivity contribution is 7.92. The van der Waals surface area contributed by atoms with Crippen LogP contribution in [0.3, 0.4) is 0 Å². The number of methoxy groups -OCH3 is 1. The first-order valence-electron chi connectivity index (χ1n) is 12.0. The van der Waals surface area contributed by atoms with Crippen LogP contribution in [-0.2, 0) is 20.0 Å². The van der Waals surface area contributed by atoms with E-state index in [0.717, 1.165) is 4.31 Å². The maximum absolute atomic E-state index is 13.6. The van der Waals surface area contributed by atoms with Gasteiger partial charge in [0.25, 0.3) is 15.9 Å². The Labute approximate surface area is 234 Å². The van der Waals surface area contributed by atoms with E-state index in [1.807, 2.05) is 0 Å². The van der Waals surface area contributed by atoms with Gasteiger partial charge in [0.15, 0.2) is 0 Å². The molecule has 3 aromatic rings. The molecule has 0 heterocycles. The van der Waals surface area contributed by atoms with Crippen LogP contribution in [0.4, 0.5) is 11.4 Å². The van der Waals surface area contributed by atoms with E-state index in [4.69, 9.17) is 16.3 Å². The highest BCUT2D eigenvalue weighted by atomic mass is 35.5. The molecule has 0 radical (unpaired) electrons. The molecule has 0 saturated carbocycles. The molecule has 39 heavy (non-hydrogen) atoms. The second kappa shape index (κ2) is 12.6. The molecule has 0 unspecified atom stereocenters. The summed E-state index contributed by atoms with van der Waals surface area (Å²) >= 11 is 6.28. The number of ether oxygens (including phenoxy) is 1. The number of benzene rings is 3. The van der Waals surface area contributed by atoms with Crippen molar-refractivity contribution in [2.24, 2.45) is 0 Å². The summed E-state index contributed by atoms with van der Waals surface area (Å²) in [6.45, 7) is 7.70. The van der Waals surface area contributed by atoms with Crippen LogP contribution < -0.4 is 14.4 Å². The molecule has 1 amide bonds. The lowest BCUT2D eigenvalue weighted by Crippen LogP contribution is -2.31. The van der Waals surface area contributed by atoms with Gasteiger partial charge in [-0.3, -0.25) is 9.10 Å². The molecule has 0 atom stereocenters. The highest BCUT2D eigenvalue weighted by Crippen LogP contribution is 2.29. The van der Waals surface area contributed by atoms with Crippen molar-refractivity contribution >= 4 is 48.9 Å². The van der Waals surface area contributed by atoms with Gasteiger partial charge in [0.1, 0.15) is 5.75 Å². The average molecular weight is 592 g/mol. The zero-order valence-electron chi connectivity index (χ0n) is 21.8. The molecule has 1 N–H and O–H groups in total. The average Bonchev–Trinajstić information content (AvgIpc) is 2.92. The van der Waals surface area contributed by atoms with Crippen LogP contribution >= 0.6 is 11.6 Å². The largest absolute Gasteiger partial charge is 0.497 e. The smallest absolute Gasteiger partial charge is 0.264 e. The molecule has 0 aliphatic rings. The second-order valence-electron chi connectivity index (χ2n) is 8.24. The highest BCUT2D eigenvalue weighted by Gasteiger charge is 2.27. The number of hydrogen-bond acceptors (Lipinski definition) is 6. The number of nitrogens with one attached hydrogen (secondary N) is 1. The molecule has 0 aromatic heterocycles. The van der Waals surface area contributed by atoms with Gasteiger partial charge in [-0.05, 0) is 60.7 Å². The maximum atomic E-state index is 13.6. The van der Waals surface area contributed by atoms with E-state index in [9.17, 15) is 21.6 Å². The first-order valence-corrected chi connectivity index (χ1v) is 15.2. The van der Waals surface area contributed by atoms with Gasteiger partial charge in [-0.1, -0.05) is 37.6 Å². The molecular formula is C27H30ClN3O6S2. The third kappa shape index (κ3) is 6.62. The fourth-order valence-corrected chi connectivity index (χ4v) is 6.99. The quantitative estimate of drug-likeness (QED) is 0.296. The number of amides is 1. The number of anilines is 2. The van der Waals surface area contributed by atoms with Crippen LogP contribution in [0.5, 0.6) is 5.75 Å². The fraction of sp³-hybridized carbons (Fsp3) is 0.222. The van der Waals surface area contributed by atoms with Crippen LogP contribution in [0.1, 0.15) is 24.2 Å². The Hall–Kier alpha value is -3.38. The monoisotopic (exact) mass is 591 g/mol. The lowest BCUT2D eigenvalue weighted by Gasteiger charge is -2.23. The van der Waals surface area contributed by atoms with Crippen molar-refractivity contribution in [1.82, 2.24) is 4.31 Å². The molecule has 208 valence electrons. The summed E-state index contributed by atoms with van der Waals surface area (Å²) in [6.07, 6.45) is 1.45. The molecule has 0 bridgehead atoms. The maximum Gasteiger partial charge on any atom is 0.264 e. The number of carbonyl (C=O) groups is 1. The Balaban J connectivity index is 1.95. The minimum Gasteiger partial charge on any atom is -0.497 e. The lowest BCUT2D eigenvalue weighted by atomic mass is 10.2. The normalized spacial score (nSPS) is 11.7. The Bertz CT molecular complexity index is 1550. The van der Waals surface area contributed by atoms with Crippen molar-refractivity contribution in [3.05, 3.63) is 90.0 Å². The third-order valence-corrected chi connectivity index (χ3v) is 10.0. The number of hydrogen-bond donors (Lipinski definition) is 1. The summed E-state index contributed by atoms with van der Waals surface area (Å²) in [6, 6.07) is 16.1. The van der Waals surface area contributed by atoms with Gasteiger partial charge in [0.05, 0.1) is 39.7 Å². The molecule has 0 saturated heterocycles. The molecule has 3 rings (SSSR count). The van der Waals surface area contributed by atoms with Crippen molar-refractivity contribution in [3.63, 3.8) is 0 Å². The van der Waals surface area contributed by atoms with Gasteiger partial charge in [0, 0.05) is 18.8 Å². The van der Waals surface area contributed by atoms with Crippen LogP contribution in [0.2, 0.25) is 5.02 Å². The standard InChI is InChI=1S/C27H30ClN3O6S2/c1-5-17-31(21-11-13-22(37-4)14-12-21)39(35,36)24-15-16-26(28)25(19-24)27(32)29-20-9-8-10-23(18-20)38(33,34)30(6-2)7-3/h5,8-16,18-19H,1,6-7,17H2,2-4H3,(H,29,32). The van der Waals surface area contributed by atoms with Gasteiger partial charge in [-0.2, -0.15) is 4.31 Å². The Morgan fingerprint density at radius 2 is 1.59 bits per heavy atom. The van der Waals surface area contributed by atoms with E-state index in [1.165, 1.54) is 60.0 Å². The number of nitrogens with zero attached hydrogens (tertiary/aromatic N) is 2. The number of halogens is 1. The summed E-state index contributed by atoms with van der Waals surface area (Å²) < 4.78 is 60.6. The molecule has 12 heteroatoms. The summed E-state index contributed by atoms with van der Waals surface area (Å²) in [5.41, 5.74) is 0.495. The Kier molecular flexibility index (Phi) is 9.78. The van der Waals surface area contributed by atoms with Crippen molar-refractivity contribution in [3.8, 4) is 5.75 Å². The van der Waals surface area contributed by atoms with E-state index >= 15 is 0 Å². The molecule has 0 aliphatic heterocycles. The SMILES string of the molecule is C=CCN(c1ccc(OC)cc1)S(=O)(=O)c1ccc(Cl)c(C(=O)Nc2cccc(S(=O)(=O)N(CC)CC)c2)c1. The number of sulfonamides is 2. The first-order chi connectivity index (χ1) is 18.5. The van der Waals surface area contributed by atoms with Gasteiger partial charge >= 0.3 is 0 Å². The van der Waals surface area contributed by atoms with Gasteiger partial charge in [-0.15, -0.1) is 6.58 Å². The van der Waals surface area contributed by atoms with Gasteiger partial charge in [-0.25, -0.2) is 16.8 Å². The summed E-state index contributed by atoms with van der Waals surface area (Å²) in [7, 11) is -6.37. The minimum atomic E-state index is -4.13. The van der Waals surface area contributed by atoms with Gasteiger partial charge in [0.2, 0.25) is 10.0 Å². The van der Waals surface area contributed by atoms with Gasteiger partial charge < -0.3 is 10.1 Å². The predicted octanol–water partition coefficient (Wildman–Crippen LogP) is 5.01. The van der Waals surface area contributed by atoms with Crippen LogP contribution in [0.25, 0.3) is 0 Å². The van der Waals surface area contributed by atoms with Crippen LogP contribution in [0, 0.1) is 0 Å². The number of rotatable bonds is 12. The predicted molar refractivity (Wildman–Crippen MR) is 154 cm³/mol. The molecule has 0 spiro atoms. The van der Waals surface area contributed by atoms with Crippen molar-refractivity contribution in [2.45, 2.75) is 23.6 Å². The fourth-order valence-electron chi connectivity index (χ4n) is 3.82. The first kappa shape index (κ1) is 30.2. The summed E-state index contributed by atoms with van der Waals surface area (Å²) in [4.78, 5) is 13.0. The van der Waals surface area contributed by atoms with Crippen molar-refractivity contribution in [2.75, 3.05) is 36.4 Å². The minimum absolute atomic E-state index is 0.0194. The van der Waals surface area contributed by atoms with E-state index in [0.29, 0.717) is 24.5 Å². The van der Waals surface area contributed by atoms with Crippen LogP contribution in [0.15, 0.2) is 89.2 Å². The number of carbonyl (C=O) groups excluding carboxylic acids is 1. The second-order valence-corrected chi connectivity index (χ2v) is 12.4.